The number of pyridine rings is 1. The molecule has 0 aliphatic heterocycles. The highest BCUT2D eigenvalue weighted by atomic mass is 35.5. The maximum absolute atomic E-state index is 13.6. The Morgan fingerprint density at radius 3 is 2.79 bits per heavy atom. The van der Waals surface area contributed by atoms with Crippen LogP contribution in [0.3, 0.4) is 0 Å². The second kappa shape index (κ2) is 5.24. The first-order valence-corrected chi connectivity index (χ1v) is 5.83. The van der Waals surface area contributed by atoms with Gasteiger partial charge in [-0.2, -0.15) is 0 Å². The van der Waals surface area contributed by atoms with Gasteiger partial charge in [-0.3, -0.25) is 4.79 Å². The number of carbonyl (C=O) groups excluding carboxylic acids is 1. The monoisotopic (exact) mass is 279 g/mol. The molecule has 19 heavy (non-hydrogen) atoms. The van der Waals surface area contributed by atoms with Crippen LogP contribution in [0.1, 0.15) is 15.9 Å². The van der Waals surface area contributed by atoms with Gasteiger partial charge in [0.05, 0.1) is 17.4 Å². The Morgan fingerprint density at radius 1 is 1.42 bits per heavy atom. The number of benzene rings is 1. The standard InChI is InChI=1S/C13H11ClFN3O/c1-7-4-9(16)6-17-12(7)18-13(19)10-3-2-8(14)5-11(10)15/h2-6H,16H2,1H3,(H,17,18,19). The van der Waals surface area contributed by atoms with Crippen molar-refractivity contribution in [3.63, 3.8) is 0 Å². The number of nitrogens with zero attached hydrogens (tertiary/aromatic N) is 1. The van der Waals surface area contributed by atoms with Gasteiger partial charge in [0.15, 0.2) is 0 Å². The molecule has 0 aliphatic rings. The summed E-state index contributed by atoms with van der Waals surface area (Å²) in [6, 6.07) is 5.52. The molecular weight excluding hydrogens is 269 g/mol. The second-order valence-corrected chi connectivity index (χ2v) is 4.45. The van der Waals surface area contributed by atoms with Crippen LogP contribution in [0.4, 0.5) is 15.9 Å². The number of aryl methyl sites for hydroxylation is 1. The van der Waals surface area contributed by atoms with Crippen molar-refractivity contribution in [2.24, 2.45) is 0 Å². The van der Waals surface area contributed by atoms with Crippen LogP contribution >= 0.6 is 11.6 Å². The van der Waals surface area contributed by atoms with Crippen molar-refractivity contribution < 1.29 is 9.18 Å². The highest BCUT2D eigenvalue weighted by molar-refractivity contribution is 6.30. The smallest absolute Gasteiger partial charge is 0.259 e. The van der Waals surface area contributed by atoms with Crippen molar-refractivity contribution in [3.8, 4) is 0 Å². The quantitative estimate of drug-likeness (QED) is 0.888. The number of carbonyl (C=O) groups is 1. The Labute approximate surface area is 114 Å². The minimum Gasteiger partial charge on any atom is -0.397 e. The molecule has 0 atom stereocenters. The van der Waals surface area contributed by atoms with E-state index in [2.05, 4.69) is 10.3 Å². The fourth-order valence-corrected chi connectivity index (χ4v) is 1.73. The Bertz CT molecular complexity index is 646. The molecule has 0 fully saturated rings. The van der Waals surface area contributed by atoms with Crippen molar-refractivity contribution in [1.29, 1.82) is 0 Å². The summed E-state index contributed by atoms with van der Waals surface area (Å²) in [6.45, 7) is 1.75. The van der Waals surface area contributed by atoms with Crippen LogP contribution < -0.4 is 11.1 Å². The molecule has 0 saturated heterocycles. The van der Waals surface area contributed by atoms with Crippen molar-refractivity contribution in [1.82, 2.24) is 4.98 Å². The lowest BCUT2D eigenvalue weighted by Gasteiger charge is -2.08. The highest BCUT2D eigenvalue weighted by Crippen LogP contribution is 2.18. The fourth-order valence-electron chi connectivity index (χ4n) is 1.58. The molecule has 0 saturated carbocycles. The van der Waals surface area contributed by atoms with Crippen LogP contribution in [-0.4, -0.2) is 10.9 Å². The van der Waals surface area contributed by atoms with Crippen molar-refractivity contribution in [3.05, 3.63) is 52.4 Å². The minimum absolute atomic E-state index is 0.0950. The van der Waals surface area contributed by atoms with Gasteiger partial charge < -0.3 is 11.1 Å². The number of amides is 1. The van der Waals surface area contributed by atoms with Gasteiger partial charge in [0.1, 0.15) is 11.6 Å². The molecule has 0 bridgehead atoms. The van der Waals surface area contributed by atoms with Crippen LogP contribution in [0.5, 0.6) is 0 Å². The Morgan fingerprint density at radius 2 is 2.16 bits per heavy atom. The van der Waals surface area contributed by atoms with E-state index in [1.54, 1.807) is 13.0 Å². The molecule has 0 radical (unpaired) electrons. The Balaban J connectivity index is 2.25. The summed E-state index contributed by atoms with van der Waals surface area (Å²) in [4.78, 5) is 15.9. The molecule has 0 aliphatic carbocycles. The molecule has 2 aromatic rings. The molecular formula is C13H11ClFN3O. The normalized spacial score (nSPS) is 10.3. The maximum atomic E-state index is 13.6. The van der Waals surface area contributed by atoms with Gasteiger partial charge in [0.25, 0.3) is 5.91 Å². The van der Waals surface area contributed by atoms with E-state index >= 15 is 0 Å². The number of rotatable bonds is 2. The minimum atomic E-state index is -0.682. The molecule has 3 N–H and O–H groups in total. The molecule has 1 heterocycles. The summed E-state index contributed by atoms with van der Waals surface area (Å²) in [5.74, 6) is -0.929. The third kappa shape index (κ3) is 3.00. The Hall–Kier alpha value is -2.14. The highest BCUT2D eigenvalue weighted by Gasteiger charge is 2.13. The molecule has 1 amide bonds. The zero-order chi connectivity index (χ0) is 14.0. The zero-order valence-electron chi connectivity index (χ0n) is 10.1. The molecule has 0 spiro atoms. The number of nitrogen functional groups attached to an aromatic ring is 1. The number of hydrogen-bond donors (Lipinski definition) is 2. The van der Waals surface area contributed by atoms with E-state index in [0.29, 0.717) is 17.1 Å². The SMILES string of the molecule is Cc1cc(N)cnc1NC(=O)c1ccc(Cl)cc1F. The van der Waals surface area contributed by atoms with Crippen LogP contribution in [0, 0.1) is 12.7 Å². The number of anilines is 2. The zero-order valence-corrected chi connectivity index (χ0v) is 10.8. The summed E-state index contributed by atoms with van der Waals surface area (Å²) < 4.78 is 13.6. The number of aromatic nitrogens is 1. The second-order valence-electron chi connectivity index (χ2n) is 4.01. The number of nitrogens with two attached hydrogens (primary N) is 1. The van der Waals surface area contributed by atoms with Crippen molar-refractivity contribution in [2.45, 2.75) is 6.92 Å². The summed E-state index contributed by atoms with van der Waals surface area (Å²) in [6.07, 6.45) is 1.42. The summed E-state index contributed by atoms with van der Waals surface area (Å²) in [5.41, 5.74) is 6.66. The van der Waals surface area contributed by atoms with E-state index in [9.17, 15) is 9.18 Å². The lowest BCUT2D eigenvalue weighted by molar-refractivity contribution is 0.102. The average molecular weight is 280 g/mol. The van der Waals surface area contributed by atoms with Crippen LogP contribution in [0.15, 0.2) is 30.5 Å². The van der Waals surface area contributed by atoms with Gasteiger partial charge >= 0.3 is 0 Å². The lowest BCUT2D eigenvalue weighted by atomic mass is 10.2. The van der Waals surface area contributed by atoms with Gasteiger partial charge in [-0.15, -0.1) is 0 Å². The van der Waals surface area contributed by atoms with Gasteiger partial charge in [-0.1, -0.05) is 11.6 Å². The van der Waals surface area contributed by atoms with E-state index in [4.69, 9.17) is 17.3 Å². The van der Waals surface area contributed by atoms with Crippen LogP contribution in [0.25, 0.3) is 0 Å². The van der Waals surface area contributed by atoms with E-state index in [-0.39, 0.29) is 10.6 Å². The molecule has 1 aromatic heterocycles. The molecule has 98 valence electrons. The van der Waals surface area contributed by atoms with Gasteiger partial charge in [-0.25, -0.2) is 9.37 Å². The van der Waals surface area contributed by atoms with Crippen molar-refractivity contribution >= 4 is 29.0 Å². The number of halogens is 2. The average Bonchev–Trinajstić information content (AvgIpc) is 2.32. The predicted octanol–water partition coefficient (Wildman–Crippen LogP) is 3.02. The summed E-state index contributed by atoms with van der Waals surface area (Å²) in [5, 5.41) is 2.76. The van der Waals surface area contributed by atoms with E-state index < -0.39 is 11.7 Å². The summed E-state index contributed by atoms with van der Waals surface area (Å²) >= 11 is 5.63. The number of nitrogens with one attached hydrogen (secondary N) is 1. The number of hydrogen-bond acceptors (Lipinski definition) is 3. The molecule has 0 unspecified atom stereocenters. The molecule has 6 heteroatoms. The van der Waals surface area contributed by atoms with E-state index in [1.165, 1.54) is 18.3 Å². The first kappa shape index (κ1) is 13.3. The summed E-state index contributed by atoms with van der Waals surface area (Å²) in [7, 11) is 0. The third-order valence-electron chi connectivity index (χ3n) is 2.51. The molecule has 2 rings (SSSR count). The van der Waals surface area contributed by atoms with E-state index in [0.717, 1.165) is 6.07 Å². The lowest BCUT2D eigenvalue weighted by Crippen LogP contribution is -2.15. The predicted molar refractivity (Wildman–Crippen MR) is 72.7 cm³/mol. The molecule has 4 nitrogen and oxygen atoms in total. The first-order valence-electron chi connectivity index (χ1n) is 5.46. The molecule has 1 aromatic carbocycles. The Kier molecular flexibility index (Phi) is 3.66. The topological polar surface area (TPSA) is 68.0 Å². The third-order valence-corrected chi connectivity index (χ3v) is 2.74. The maximum Gasteiger partial charge on any atom is 0.259 e. The van der Waals surface area contributed by atoms with Gasteiger partial charge in [0.2, 0.25) is 0 Å². The van der Waals surface area contributed by atoms with Crippen molar-refractivity contribution in [2.75, 3.05) is 11.1 Å². The van der Waals surface area contributed by atoms with Gasteiger partial charge in [0, 0.05) is 5.02 Å². The van der Waals surface area contributed by atoms with Gasteiger partial charge in [-0.05, 0) is 36.8 Å². The van der Waals surface area contributed by atoms with Crippen LogP contribution in [0.2, 0.25) is 5.02 Å². The fraction of sp³-hybridized carbons (Fsp3) is 0.0769. The first-order chi connectivity index (χ1) is 8.97. The largest absolute Gasteiger partial charge is 0.397 e. The van der Waals surface area contributed by atoms with Crippen LogP contribution in [-0.2, 0) is 0 Å². The van der Waals surface area contributed by atoms with E-state index in [1.807, 2.05) is 0 Å².